The number of rotatable bonds is 5. The summed E-state index contributed by atoms with van der Waals surface area (Å²) in [7, 11) is 0. The molecular formula is C11H11BrO4S. The first-order chi connectivity index (χ1) is 7.99. The molecule has 1 aromatic rings. The number of aliphatic hydroxyl groups is 1. The number of thiol groups is 1. The van der Waals surface area contributed by atoms with E-state index in [1.165, 1.54) is 6.07 Å². The zero-order chi connectivity index (χ0) is 13.0. The van der Waals surface area contributed by atoms with Gasteiger partial charge >= 0.3 is 5.97 Å². The molecule has 17 heavy (non-hydrogen) atoms. The zero-order valence-corrected chi connectivity index (χ0v) is 11.2. The third-order valence-corrected chi connectivity index (χ3v) is 2.97. The van der Waals surface area contributed by atoms with E-state index in [1.54, 1.807) is 12.1 Å². The lowest BCUT2D eigenvalue weighted by Crippen LogP contribution is -2.16. The largest absolute Gasteiger partial charge is 0.479 e. The van der Waals surface area contributed by atoms with Crippen molar-refractivity contribution >= 4 is 40.3 Å². The Bertz CT molecular complexity index is 447. The molecule has 1 unspecified atom stereocenters. The van der Waals surface area contributed by atoms with Crippen molar-refractivity contribution in [2.45, 2.75) is 17.4 Å². The molecule has 0 fully saturated rings. The molecule has 0 aliphatic carbocycles. The van der Waals surface area contributed by atoms with Crippen molar-refractivity contribution in [1.82, 2.24) is 0 Å². The minimum atomic E-state index is -1.71. The molecule has 0 saturated carbocycles. The van der Waals surface area contributed by atoms with Crippen LogP contribution in [-0.2, 0) is 4.79 Å². The quantitative estimate of drug-likeness (QED) is 0.441. The Kier molecular flexibility index (Phi) is 5.17. The molecular weight excluding hydrogens is 308 g/mol. The molecule has 0 amide bonds. The Balaban J connectivity index is 3.26. The van der Waals surface area contributed by atoms with Gasteiger partial charge in [0.1, 0.15) is 0 Å². The van der Waals surface area contributed by atoms with E-state index >= 15 is 0 Å². The van der Waals surface area contributed by atoms with Crippen molar-refractivity contribution in [2.24, 2.45) is 0 Å². The lowest BCUT2D eigenvalue weighted by atomic mass is 9.98. The van der Waals surface area contributed by atoms with Crippen LogP contribution in [0.3, 0.4) is 0 Å². The number of carboxylic acids is 1. The second-order valence-corrected chi connectivity index (χ2v) is 4.62. The number of carbonyl (C=O) groups excluding carboxylic acids is 1. The summed E-state index contributed by atoms with van der Waals surface area (Å²) in [6, 6.07) is 4.55. The van der Waals surface area contributed by atoms with E-state index in [9.17, 15) is 14.7 Å². The average Bonchev–Trinajstić information content (AvgIpc) is 2.27. The van der Waals surface area contributed by atoms with E-state index in [0.717, 1.165) is 0 Å². The number of aliphatic carboxylic acids is 1. The topological polar surface area (TPSA) is 74.6 Å². The van der Waals surface area contributed by atoms with E-state index < -0.39 is 12.1 Å². The van der Waals surface area contributed by atoms with Crippen LogP contribution in [0.15, 0.2) is 23.1 Å². The summed E-state index contributed by atoms with van der Waals surface area (Å²) in [5.41, 5.74) is 0.251. The van der Waals surface area contributed by atoms with Gasteiger partial charge in [-0.15, -0.1) is 12.6 Å². The number of alkyl halides is 1. The summed E-state index contributed by atoms with van der Waals surface area (Å²) in [4.78, 5) is 22.9. The molecule has 0 spiro atoms. The van der Waals surface area contributed by atoms with Crippen LogP contribution < -0.4 is 0 Å². The molecule has 0 aliphatic rings. The first-order valence-corrected chi connectivity index (χ1v) is 6.37. The minimum Gasteiger partial charge on any atom is -0.479 e. The summed E-state index contributed by atoms with van der Waals surface area (Å²) in [5.74, 6) is -1.64. The number of carboxylic acid groups (broad SMARTS) is 1. The van der Waals surface area contributed by atoms with Crippen molar-refractivity contribution < 1.29 is 19.8 Å². The van der Waals surface area contributed by atoms with Gasteiger partial charge in [0.2, 0.25) is 0 Å². The summed E-state index contributed by atoms with van der Waals surface area (Å²) < 4.78 is 0. The Hall–Kier alpha value is -0.850. The first kappa shape index (κ1) is 14.2. The van der Waals surface area contributed by atoms with Crippen LogP contribution in [0.1, 0.15) is 28.4 Å². The third-order valence-electron chi connectivity index (χ3n) is 2.20. The van der Waals surface area contributed by atoms with Crippen molar-refractivity contribution in [2.75, 3.05) is 5.33 Å². The van der Waals surface area contributed by atoms with Crippen molar-refractivity contribution in [1.29, 1.82) is 0 Å². The monoisotopic (exact) mass is 318 g/mol. The Morgan fingerprint density at radius 1 is 1.41 bits per heavy atom. The Morgan fingerprint density at radius 3 is 2.59 bits per heavy atom. The van der Waals surface area contributed by atoms with Crippen molar-refractivity contribution in [3.63, 3.8) is 0 Å². The summed E-state index contributed by atoms with van der Waals surface area (Å²) in [6.07, 6.45) is -1.49. The third kappa shape index (κ3) is 3.31. The molecule has 1 aromatic carbocycles. The number of Topliss-reactive ketones (excluding diaryl/α,β-unsaturated/α-hetero) is 1. The second kappa shape index (κ2) is 6.18. The Labute approximate surface area is 112 Å². The van der Waals surface area contributed by atoms with Crippen LogP contribution in [0, 0.1) is 0 Å². The first-order valence-electron chi connectivity index (χ1n) is 4.81. The van der Waals surface area contributed by atoms with E-state index in [0.29, 0.717) is 10.2 Å². The number of hydrogen-bond donors (Lipinski definition) is 3. The lowest BCUT2D eigenvalue weighted by Gasteiger charge is -2.13. The highest BCUT2D eigenvalue weighted by Crippen LogP contribution is 2.25. The number of aliphatic hydroxyl groups excluding tert-OH is 1. The summed E-state index contributed by atoms with van der Waals surface area (Å²) >= 11 is 7.26. The highest BCUT2D eigenvalue weighted by molar-refractivity contribution is 9.09. The Morgan fingerprint density at radius 2 is 2.06 bits per heavy atom. The van der Waals surface area contributed by atoms with Gasteiger partial charge in [-0.05, 0) is 6.07 Å². The van der Waals surface area contributed by atoms with Crippen LogP contribution in [0.25, 0.3) is 0 Å². The number of benzene rings is 1. The van der Waals surface area contributed by atoms with E-state index in [2.05, 4.69) is 28.6 Å². The fourth-order valence-corrected chi connectivity index (χ4v) is 2.13. The van der Waals surface area contributed by atoms with E-state index in [-0.39, 0.29) is 23.3 Å². The van der Waals surface area contributed by atoms with Gasteiger partial charge in [-0.3, -0.25) is 4.79 Å². The smallest absolute Gasteiger partial charge is 0.337 e. The predicted octanol–water partition coefficient (Wildman–Crippen LogP) is 2.06. The minimum absolute atomic E-state index is 0.0796. The molecule has 1 rings (SSSR count). The normalized spacial score (nSPS) is 12.2. The molecule has 0 heterocycles. The number of ketones is 1. The van der Waals surface area contributed by atoms with Crippen LogP contribution in [0.2, 0.25) is 0 Å². The maximum absolute atomic E-state index is 11.8. The molecule has 4 nitrogen and oxygen atoms in total. The maximum Gasteiger partial charge on any atom is 0.337 e. The number of hydrogen-bond acceptors (Lipinski definition) is 4. The summed E-state index contributed by atoms with van der Waals surface area (Å²) in [6.45, 7) is 0. The molecule has 0 saturated heterocycles. The van der Waals surface area contributed by atoms with Gasteiger partial charge in [0.05, 0.1) is 0 Å². The standard InChI is InChI=1S/C11H11BrO4S/c12-5-4-7(13)9-6(10(14)11(15)16)2-1-3-8(9)17/h1-3,10,14,17H,4-5H2,(H,15,16). The van der Waals surface area contributed by atoms with Gasteiger partial charge in [-0.2, -0.15) is 0 Å². The number of carbonyl (C=O) groups is 2. The zero-order valence-electron chi connectivity index (χ0n) is 8.76. The predicted molar refractivity (Wildman–Crippen MR) is 69.0 cm³/mol. The molecule has 0 bridgehead atoms. The van der Waals surface area contributed by atoms with Crippen LogP contribution in [-0.4, -0.2) is 27.3 Å². The molecule has 1 atom stereocenters. The maximum atomic E-state index is 11.8. The van der Waals surface area contributed by atoms with Crippen LogP contribution >= 0.6 is 28.6 Å². The molecule has 6 heteroatoms. The fraction of sp³-hybridized carbons (Fsp3) is 0.273. The van der Waals surface area contributed by atoms with Gasteiger partial charge in [-0.25, -0.2) is 4.79 Å². The molecule has 0 aliphatic heterocycles. The highest BCUT2D eigenvalue weighted by atomic mass is 79.9. The van der Waals surface area contributed by atoms with Gasteiger partial charge < -0.3 is 10.2 Å². The molecule has 2 N–H and O–H groups in total. The van der Waals surface area contributed by atoms with Crippen LogP contribution in [0.5, 0.6) is 0 Å². The molecule has 92 valence electrons. The fourth-order valence-electron chi connectivity index (χ4n) is 1.43. The van der Waals surface area contributed by atoms with Gasteiger partial charge in [0.15, 0.2) is 11.9 Å². The van der Waals surface area contributed by atoms with Crippen molar-refractivity contribution in [3.8, 4) is 0 Å². The second-order valence-electron chi connectivity index (χ2n) is 3.34. The van der Waals surface area contributed by atoms with E-state index in [4.69, 9.17) is 5.11 Å². The highest BCUT2D eigenvalue weighted by Gasteiger charge is 2.23. The van der Waals surface area contributed by atoms with Gasteiger partial charge in [0.25, 0.3) is 0 Å². The number of halogens is 1. The average molecular weight is 319 g/mol. The van der Waals surface area contributed by atoms with Crippen LogP contribution in [0.4, 0.5) is 0 Å². The lowest BCUT2D eigenvalue weighted by molar-refractivity contribution is -0.146. The van der Waals surface area contributed by atoms with Crippen molar-refractivity contribution in [3.05, 3.63) is 29.3 Å². The van der Waals surface area contributed by atoms with Gasteiger partial charge in [-0.1, -0.05) is 28.1 Å². The van der Waals surface area contributed by atoms with E-state index in [1.807, 2.05) is 0 Å². The SMILES string of the molecule is O=C(CCBr)c1c(S)cccc1C(O)C(=O)O. The summed E-state index contributed by atoms with van der Waals surface area (Å²) in [5, 5.41) is 18.8. The molecule has 0 radical (unpaired) electrons. The molecule has 0 aromatic heterocycles. The van der Waals surface area contributed by atoms with Gasteiger partial charge in [0, 0.05) is 27.8 Å².